The van der Waals surface area contributed by atoms with Gasteiger partial charge >= 0.3 is 0 Å². The maximum absolute atomic E-state index is 13.1. The Bertz CT molecular complexity index is 1220. The van der Waals surface area contributed by atoms with E-state index in [4.69, 9.17) is 0 Å². The molecule has 162 valence electrons. The summed E-state index contributed by atoms with van der Waals surface area (Å²) in [6.07, 6.45) is 1.66. The van der Waals surface area contributed by atoms with Crippen molar-refractivity contribution in [3.63, 3.8) is 0 Å². The summed E-state index contributed by atoms with van der Waals surface area (Å²) in [6, 6.07) is 15.8. The van der Waals surface area contributed by atoms with E-state index in [9.17, 15) is 14.0 Å². The van der Waals surface area contributed by atoms with Gasteiger partial charge in [-0.25, -0.2) is 14.4 Å². The molecule has 0 saturated carbocycles. The molecule has 2 heterocycles. The number of carbonyl (C=O) groups is 2. The Balaban J connectivity index is 1.45. The summed E-state index contributed by atoms with van der Waals surface area (Å²) >= 11 is 1.58. The molecule has 4 rings (SSSR count). The number of rotatable bonds is 6. The lowest BCUT2D eigenvalue weighted by Crippen LogP contribution is -2.47. The number of para-hydroxylation sites is 1. The second kappa shape index (κ2) is 9.23. The van der Waals surface area contributed by atoms with Crippen molar-refractivity contribution in [2.75, 3.05) is 5.32 Å². The zero-order valence-electron chi connectivity index (χ0n) is 17.5. The van der Waals surface area contributed by atoms with Crippen LogP contribution < -0.4 is 10.6 Å². The van der Waals surface area contributed by atoms with Gasteiger partial charge in [0.25, 0.3) is 5.91 Å². The number of benzene rings is 2. The van der Waals surface area contributed by atoms with Crippen LogP contribution in [0.3, 0.4) is 0 Å². The first-order valence-corrected chi connectivity index (χ1v) is 10.9. The quantitative estimate of drug-likeness (QED) is 0.440. The Morgan fingerprint density at radius 1 is 1.00 bits per heavy atom. The largest absolute Gasteiger partial charge is 0.340 e. The molecule has 2 amide bonds. The van der Waals surface area contributed by atoms with Crippen molar-refractivity contribution in [2.24, 2.45) is 5.92 Å². The minimum absolute atomic E-state index is 0.165. The number of carbonyl (C=O) groups excluding carboxylic acids is 2. The molecule has 0 aliphatic carbocycles. The summed E-state index contributed by atoms with van der Waals surface area (Å²) in [5.41, 5.74) is 2.07. The van der Waals surface area contributed by atoms with E-state index in [1.54, 1.807) is 23.6 Å². The third kappa shape index (κ3) is 4.81. The van der Waals surface area contributed by atoms with E-state index < -0.39 is 17.8 Å². The Labute approximate surface area is 188 Å². The number of hydrogen-bond donors (Lipinski definition) is 2. The van der Waals surface area contributed by atoms with Gasteiger partial charge in [0, 0.05) is 17.3 Å². The van der Waals surface area contributed by atoms with Crippen LogP contribution in [0.2, 0.25) is 0 Å². The molecule has 4 aromatic rings. The van der Waals surface area contributed by atoms with Gasteiger partial charge in [0.05, 0.1) is 10.2 Å². The van der Waals surface area contributed by atoms with Gasteiger partial charge in [0.15, 0.2) is 0 Å². The predicted octanol–water partition coefficient (Wildman–Crippen LogP) is 4.89. The van der Waals surface area contributed by atoms with Crippen molar-refractivity contribution in [3.8, 4) is 10.6 Å². The van der Waals surface area contributed by atoms with Crippen molar-refractivity contribution >= 4 is 39.2 Å². The van der Waals surface area contributed by atoms with Gasteiger partial charge in [-0.2, -0.15) is 0 Å². The third-order valence-electron chi connectivity index (χ3n) is 4.90. The summed E-state index contributed by atoms with van der Waals surface area (Å²) in [5, 5.41) is 6.32. The highest BCUT2D eigenvalue weighted by Crippen LogP contribution is 2.29. The molecule has 0 radical (unpaired) electrons. The van der Waals surface area contributed by atoms with Crippen LogP contribution in [0.15, 0.2) is 66.9 Å². The SMILES string of the molecule is CC(C)C(NC(=O)c1ccc(F)cc1)C(=O)Nc1ccc(-c2nc3ccccc3s2)cn1. The average Bonchev–Trinajstić information content (AvgIpc) is 3.22. The number of aromatic nitrogens is 2. The van der Waals surface area contributed by atoms with Gasteiger partial charge < -0.3 is 10.6 Å². The van der Waals surface area contributed by atoms with Crippen LogP contribution in [0.25, 0.3) is 20.8 Å². The number of pyridine rings is 1. The standard InChI is InChI=1S/C24H21FN4O2S/c1-14(2)21(29-22(30)15-7-10-17(25)11-8-15)23(31)28-20-12-9-16(13-26-20)24-27-18-5-3-4-6-19(18)32-24/h3-14,21H,1-2H3,(H,29,30)(H,26,28,31). The summed E-state index contributed by atoms with van der Waals surface area (Å²) in [5.74, 6) is -1.04. The zero-order chi connectivity index (χ0) is 22.7. The lowest BCUT2D eigenvalue weighted by molar-refractivity contribution is -0.118. The predicted molar refractivity (Wildman–Crippen MR) is 124 cm³/mol. The molecule has 0 aliphatic heterocycles. The monoisotopic (exact) mass is 448 g/mol. The number of thiazole rings is 1. The van der Waals surface area contributed by atoms with E-state index in [0.717, 1.165) is 20.8 Å². The Morgan fingerprint density at radius 2 is 1.75 bits per heavy atom. The van der Waals surface area contributed by atoms with Crippen LogP contribution in [0.4, 0.5) is 10.2 Å². The van der Waals surface area contributed by atoms with Crippen molar-refractivity contribution in [1.29, 1.82) is 0 Å². The highest BCUT2D eigenvalue weighted by Gasteiger charge is 2.25. The van der Waals surface area contributed by atoms with Crippen molar-refractivity contribution in [1.82, 2.24) is 15.3 Å². The van der Waals surface area contributed by atoms with Gasteiger partial charge in [-0.1, -0.05) is 26.0 Å². The molecule has 32 heavy (non-hydrogen) atoms. The van der Waals surface area contributed by atoms with E-state index in [0.29, 0.717) is 5.82 Å². The molecule has 0 fully saturated rings. The van der Waals surface area contributed by atoms with Gasteiger partial charge in [-0.3, -0.25) is 9.59 Å². The van der Waals surface area contributed by atoms with Crippen molar-refractivity contribution in [2.45, 2.75) is 19.9 Å². The molecule has 0 spiro atoms. The fraction of sp³-hybridized carbons (Fsp3) is 0.167. The third-order valence-corrected chi connectivity index (χ3v) is 5.98. The minimum atomic E-state index is -0.779. The number of nitrogens with one attached hydrogen (secondary N) is 2. The average molecular weight is 449 g/mol. The first-order chi connectivity index (χ1) is 15.4. The molecule has 2 N–H and O–H groups in total. The van der Waals surface area contributed by atoms with Crippen LogP contribution in [0, 0.1) is 11.7 Å². The molecular weight excluding hydrogens is 427 g/mol. The number of anilines is 1. The lowest BCUT2D eigenvalue weighted by Gasteiger charge is -2.21. The molecule has 6 nitrogen and oxygen atoms in total. The van der Waals surface area contributed by atoms with Crippen LogP contribution >= 0.6 is 11.3 Å². The second-order valence-corrected chi connectivity index (χ2v) is 8.64. The summed E-state index contributed by atoms with van der Waals surface area (Å²) in [6.45, 7) is 3.66. The smallest absolute Gasteiger partial charge is 0.251 e. The maximum atomic E-state index is 13.1. The highest BCUT2D eigenvalue weighted by molar-refractivity contribution is 7.21. The summed E-state index contributed by atoms with van der Waals surface area (Å²) in [7, 11) is 0. The summed E-state index contributed by atoms with van der Waals surface area (Å²) in [4.78, 5) is 34.2. The first kappa shape index (κ1) is 21.6. The number of amides is 2. The zero-order valence-corrected chi connectivity index (χ0v) is 18.3. The van der Waals surface area contributed by atoms with Crippen LogP contribution in [-0.2, 0) is 4.79 Å². The normalized spacial score (nSPS) is 12.0. The topological polar surface area (TPSA) is 84.0 Å². The van der Waals surface area contributed by atoms with E-state index in [-0.39, 0.29) is 17.4 Å². The number of nitrogens with zero attached hydrogens (tertiary/aromatic N) is 2. The lowest BCUT2D eigenvalue weighted by atomic mass is 10.0. The molecule has 0 bridgehead atoms. The Kier molecular flexibility index (Phi) is 6.23. The Hall–Kier alpha value is -3.65. The molecule has 0 saturated heterocycles. The van der Waals surface area contributed by atoms with E-state index >= 15 is 0 Å². The number of halogens is 1. The number of fused-ring (bicyclic) bond motifs is 1. The molecular formula is C24H21FN4O2S. The molecule has 1 unspecified atom stereocenters. The van der Waals surface area contributed by atoms with Crippen LogP contribution in [0.1, 0.15) is 24.2 Å². The van der Waals surface area contributed by atoms with E-state index in [1.165, 1.54) is 24.3 Å². The van der Waals surface area contributed by atoms with Gasteiger partial charge in [-0.05, 0) is 54.4 Å². The van der Waals surface area contributed by atoms with Crippen molar-refractivity contribution in [3.05, 3.63) is 78.2 Å². The van der Waals surface area contributed by atoms with Gasteiger partial charge in [0.1, 0.15) is 22.7 Å². The minimum Gasteiger partial charge on any atom is -0.340 e. The van der Waals surface area contributed by atoms with Crippen LogP contribution in [-0.4, -0.2) is 27.8 Å². The fourth-order valence-electron chi connectivity index (χ4n) is 3.15. The molecule has 8 heteroatoms. The number of hydrogen-bond acceptors (Lipinski definition) is 5. The molecule has 1 atom stereocenters. The van der Waals surface area contributed by atoms with E-state index in [1.807, 2.05) is 44.2 Å². The summed E-state index contributed by atoms with van der Waals surface area (Å²) < 4.78 is 14.2. The Morgan fingerprint density at radius 3 is 2.41 bits per heavy atom. The molecule has 0 aliphatic rings. The fourth-order valence-corrected chi connectivity index (χ4v) is 4.11. The second-order valence-electron chi connectivity index (χ2n) is 7.61. The first-order valence-electron chi connectivity index (χ1n) is 10.1. The van der Waals surface area contributed by atoms with Crippen LogP contribution in [0.5, 0.6) is 0 Å². The molecule has 2 aromatic carbocycles. The van der Waals surface area contributed by atoms with Crippen molar-refractivity contribution < 1.29 is 14.0 Å². The molecule has 2 aromatic heterocycles. The highest BCUT2D eigenvalue weighted by atomic mass is 32.1. The maximum Gasteiger partial charge on any atom is 0.251 e. The van der Waals surface area contributed by atoms with Gasteiger partial charge in [-0.15, -0.1) is 11.3 Å². The van der Waals surface area contributed by atoms with Gasteiger partial charge in [0.2, 0.25) is 5.91 Å². The van der Waals surface area contributed by atoms with E-state index in [2.05, 4.69) is 20.6 Å².